The zero-order chi connectivity index (χ0) is 29.1. The van der Waals surface area contributed by atoms with Crippen LogP contribution in [0.2, 0.25) is 5.02 Å². The molecule has 2 fully saturated rings. The number of ether oxygens (including phenoxy) is 4. The molecular weight excluding hydrogens is 563 g/mol. The molecular formula is C31H32ClFN4O5. The van der Waals surface area contributed by atoms with Crippen LogP contribution >= 0.6 is 11.6 Å². The van der Waals surface area contributed by atoms with Gasteiger partial charge in [0.2, 0.25) is 0 Å². The van der Waals surface area contributed by atoms with Crippen molar-refractivity contribution in [3.63, 3.8) is 0 Å². The third-order valence-corrected chi connectivity index (χ3v) is 7.98. The van der Waals surface area contributed by atoms with Gasteiger partial charge in [0.25, 0.3) is 0 Å². The van der Waals surface area contributed by atoms with E-state index in [0.717, 1.165) is 61.6 Å². The molecule has 0 saturated carbocycles. The first kappa shape index (κ1) is 28.4. The van der Waals surface area contributed by atoms with E-state index in [1.807, 2.05) is 24.3 Å². The fourth-order valence-corrected chi connectivity index (χ4v) is 5.53. The van der Waals surface area contributed by atoms with E-state index in [9.17, 15) is 9.18 Å². The Hall–Kier alpha value is -3.73. The maximum atomic E-state index is 13.3. The normalized spacial score (nSPS) is 17.6. The quantitative estimate of drug-likeness (QED) is 0.225. The van der Waals surface area contributed by atoms with Gasteiger partial charge >= 0.3 is 5.97 Å². The highest BCUT2D eigenvalue weighted by Crippen LogP contribution is 2.27. The Labute approximate surface area is 248 Å². The van der Waals surface area contributed by atoms with E-state index in [1.54, 1.807) is 12.3 Å². The number of carbonyl (C=O) groups excluding carboxylic acids is 1. The molecule has 6 rings (SSSR count). The average Bonchev–Trinajstić information content (AvgIpc) is 3.31. The summed E-state index contributed by atoms with van der Waals surface area (Å²) in [6, 6.07) is 13.2. The largest absolute Gasteiger partial charge is 0.490 e. The molecule has 0 radical (unpaired) electrons. The van der Waals surface area contributed by atoms with E-state index in [0.29, 0.717) is 30.1 Å². The smallest absolute Gasteiger partial charge is 0.337 e. The lowest BCUT2D eigenvalue weighted by Crippen LogP contribution is -2.39. The molecule has 2 saturated heterocycles. The third kappa shape index (κ3) is 6.51. The van der Waals surface area contributed by atoms with Crippen molar-refractivity contribution in [2.45, 2.75) is 51.2 Å². The third-order valence-electron chi connectivity index (χ3n) is 7.69. The number of pyridine rings is 1. The van der Waals surface area contributed by atoms with Gasteiger partial charge in [-0.05, 0) is 61.7 Å². The van der Waals surface area contributed by atoms with Crippen molar-refractivity contribution in [3.05, 3.63) is 82.6 Å². The van der Waals surface area contributed by atoms with Crippen LogP contribution < -0.4 is 9.47 Å². The fourth-order valence-electron chi connectivity index (χ4n) is 5.30. The standard InChI is InChI=1S/C31H32ClFN4O5/c1-39-31(38)20-2-4-27-28(14-20)37(17-25-9-13-40-25)30(35-27)18-36-11-7-23(8-12-36)42-24-6-10-34-22(16-24)19-41-29-5-3-21(33)15-26(29)32/h2-6,10,14-16,23,25H,7-9,11-13,17-19H2,1H3/t25-/m0/s1. The molecule has 4 heterocycles. The van der Waals surface area contributed by atoms with Crippen molar-refractivity contribution in [1.82, 2.24) is 19.4 Å². The van der Waals surface area contributed by atoms with Crippen LogP contribution in [0.15, 0.2) is 54.7 Å². The zero-order valence-electron chi connectivity index (χ0n) is 23.3. The van der Waals surface area contributed by atoms with Gasteiger partial charge in [-0.3, -0.25) is 9.88 Å². The number of aromatic nitrogens is 3. The van der Waals surface area contributed by atoms with E-state index in [1.165, 1.54) is 25.3 Å². The molecule has 4 aromatic rings. The first-order valence-corrected chi connectivity index (χ1v) is 14.4. The van der Waals surface area contributed by atoms with Crippen LogP contribution in [-0.4, -0.2) is 64.4 Å². The second-order valence-corrected chi connectivity index (χ2v) is 11.0. The van der Waals surface area contributed by atoms with Gasteiger partial charge in [-0.2, -0.15) is 0 Å². The van der Waals surface area contributed by atoms with E-state index in [-0.39, 0.29) is 29.8 Å². The Balaban J connectivity index is 1.07. The van der Waals surface area contributed by atoms with E-state index >= 15 is 0 Å². The highest BCUT2D eigenvalue weighted by atomic mass is 35.5. The SMILES string of the molecule is COC(=O)c1ccc2nc(CN3CCC(Oc4ccnc(COc5ccc(F)cc5Cl)c4)CC3)n(C[C@@H]3CCO3)c2c1. The van der Waals surface area contributed by atoms with E-state index in [4.69, 9.17) is 35.5 Å². The Morgan fingerprint density at radius 2 is 1.95 bits per heavy atom. The maximum absolute atomic E-state index is 13.3. The summed E-state index contributed by atoms with van der Waals surface area (Å²) < 4.78 is 38.2. The molecule has 2 aromatic carbocycles. The van der Waals surface area contributed by atoms with Crippen LogP contribution in [0.5, 0.6) is 11.5 Å². The lowest BCUT2D eigenvalue weighted by molar-refractivity contribution is -0.0592. The van der Waals surface area contributed by atoms with Gasteiger partial charge in [0.05, 0.1) is 53.6 Å². The Morgan fingerprint density at radius 1 is 1.12 bits per heavy atom. The molecule has 0 unspecified atom stereocenters. The van der Waals surface area contributed by atoms with Gasteiger partial charge < -0.3 is 23.5 Å². The molecule has 0 N–H and O–H groups in total. The Morgan fingerprint density at radius 3 is 2.69 bits per heavy atom. The van der Waals surface area contributed by atoms with Gasteiger partial charge in [0.15, 0.2) is 0 Å². The number of methoxy groups -OCH3 is 1. The number of rotatable bonds is 10. The number of carbonyl (C=O) groups is 1. The molecule has 9 nitrogen and oxygen atoms in total. The number of halogens is 2. The molecule has 220 valence electrons. The predicted molar refractivity (Wildman–Crippen MR) is 154 cm³/mol. The lowest BCUT2D eigenvalue weighted by Gasteiger charge is -2.32. The minimum Gasteiger partial charge on any atom is -0.490 e. The molecule has 2 aliphatic rings. The lowest BCUT2D eigenvalue weighted by atomic mass is 10.1. The van der Waals surface area contributed by atoms with E-state index < -0.39 is 5.82 Å². The highest BCUT2D eigenvalue weighted by molar-refractivity contribution is 6.32. The molecule has 1 atom stereocenters. The summed E-state index contributed by atoms with van der Waals surface area (Å²) in [4.78, 5) is 23.8. The van der Waals surface area contributed by atoms with Crippen molar-refractivity contribution < 1.29 is 28.1 Å². The fraction of sp³-hybridized carbons (Fsp3) is 0.387. The highest BCUT2D eigenvalue weighted by Gasteiger charge is 2.26. The summed E-state index contributed by atoms with van der Waals surface area (Å²) in [5, 5.41) is 0.215. The average molecular weight is 595 g/mol. The first-order chi connectivity index (χ1) is 20.4. The number of esters is 1. The molecule has 2 aromatic heterocycles. The van der Waals surface area contributed by atoms with Crippen molar-refractivity contribution in [1.29, 1.82) is 0 Å². The van der Waals surface area contributed by atoms with E-state index in [2.05, 4.69) is 14.5 Å². The number of hydrogen-bond donors (Lipinski definition) is 0. The minimum absolute atomic E-state index is 0.0776. The van der Waals surface area contributed by atoms with Crippen molar-refractivity contribution in [2.24, 2.45) is 0 Å². The van der Waals surface area contributed by atoms with Crippen molar-refractivity contribution in [2.75, 3.05) is 26.8 Å². The number of piperidine rings is 1. The van der Waals surface area contributed by atoms with Gasteiger partial charge in [-0.25, -0.2) is 14.2 Å². The summed E-state index contributed by atoms with van der Waals surface area (Å²) in [7, 11) is 1.39. The second-order valence-electron chi connectivity index (χ2n) is 10.6. The number of hydrogen-bond acceptors (Lipinski definition) is 8. The topological polar surface area (TPSA) is 87.9 Å². The number of benzene rings is 2. The van der Waals surface area contributed by atoms with Crippen molar-refractivity contribution >= 4 is 28.6 Å². The van der Waals surface area contributed by atoms with Crippen LogP contribution in [0.1, 0.15) is 41.1 Å². The molecule has 0 amide bonds. The number of likely N-dealkylation sites (tertiary alicyclic amines) is 1. The van der Waals surface area contributed by atoms with Gasteiger partial charge in [-0.15, -0.1) is 0 Å². The molecule has 0 aliphatic carbocycles. The summed E-state index contributed by atoms with van der Waals surface area (Å²) in [6.07, 6.45) is 4.69. The van der Waals surface area contributed by atoms with Crippen molar-refractivity contribution in [3.8, 4) is 11.5 Å². The molecule has 42 heavy (non-hydrogen) atoms. The predicted octanol–water partition coefficient (Wildman–Crippen LogP) is 5.42. The van der Waals surface area contributed by atoms with Crippen LogP contribution in [0.4, 0.5) is 4.39 Å². The molecule has 2 aliphatic heterocycles. The summed E-state index contributed by atoms with van der Waals surface area (Å²) >= 11 is 6.06. The van der Waals surface area contributed by atoms with Gasteiger partial charge in [0.1, 0.15) is 35.9 Å². The summed E-state index contributed by atoms with van der Waals surface area (Å²) in [5.41, 5.74) is 2.97. The minimum atomic E-state index is -0.414. The summed E-state index contributed by atoms with van der Waals surface area (Å²) in [5.74, 6) is 1.32. The monoisotopic (exact) mass is 594 g/mol. The zero-order valence-corrected chi connectivity index (χ0v) is 24.1. The van der Waals surface area contributed by atoms with Crippen LogP contribution in [0.3, 0.4) is 0 Å². The number of nitrogens with zero attached hydrogens (tertiary/aromatic N) is 4. The van der Waals surface area contributed by atoms with Gasteiger partial charge in [0, 0.05) is 32.0 Å². The van der Waals surface area contributed by atoms with Crippen LogP contribution in [0, 0.1) is 5.82 Å². The Kier molecular flexibility index (Phi) is 8.55. The maximum Gasteiger partial charge on any atom is 0.337 e. The number of fused-ring (bicyclic) bond motifs is 1. The Bertz CT molecular complexity index is 1570. The molecule has 11 heteroatoms. The second kappa shape index (κ2) is 12.6. The molecule has 0 bridgehead atoms. The molecule has 0 spiro atoms. The summed E-state index contributed by atoms with van der Waals surface area (Å²) in [6.45, 7) is 4.11. The number of imidazole rings is 1. The first-order valence-electron chi connectivity index (χ1n) is 14.1. The van der Waals surface area contributed by atoms with Crippen LogP contribution in [-0.2, 0) is 29.2 Å². The van der Waals surface area contributed by atoms with Crippen LogP contribution in [0.25, 0.3) is 11.0 Å². The van der Waals surface area contributed by atoms with Gasteiger partial charge in [-0.1, -0.05) is 11.6 Å².